The van der Waals surface area contributed by atoms with E-state index in [4.69, 9.17) is 4.74 Å². The van der Waals surface area contributed by atoms with Gasteiger partial charge in [0.05, 0.1) is 23.7 Å². The summed E-state index contributed by atoms with van der Waals surface area (Å²) in [5, 5.41) is 0. The number of likely N-dealkylation sites (tertiary alicyclic amines) is 2. The molecule has 1 aromatic carbocycles. The van der Waals surface area contributed by atoms with Gasteiger partial charge in [0, 0.05) is 12.1 Å². The molecule has 2 aliphatic heterocycles. The number of unbranched alkanes of at least 4 members (excludes halogenated alkanes) is 1. The average molecular weight is 561 g/mol. The number of carbonyl (C=O) groups is 6. The first kappa shape index (κ1) is 26.5. The fourth-order valence-electron chi connectivity index (χ4n) is 9.33. The van der Waals surface area contributed by atoms with Gasteiger partial charge >= 0.3 is 5.97 Å². The molecule has 9 nitrogen and oxygen atoms in total. The third-order valence-electron chi connectivity index (χ3n) is 11.1. The van der Waals surface area contributed by atoms with Crippen LogP contribution < -0.4 is 0 Å². The number of ether oxygens (including phenoxy) is 1. The van der Waals surface area contributed by atoms with Gasteiger partial charge in [0.15, 0.2) is 12.4 Å². The van der Waals surface area contributed by atoms with Gasteiger partial charge in [-0.1, -0.05) is 30.3 Å². The quantitative estimate of drug-likeness (QED) is 0.187. The molecule has 216 valence electrons. The van der Waals surface area contributed by atoms with Crippen LogP contribution in [0.15, 0.2) is 30.3 Å². The molecule has 0 aromatic heterocycles. The lowest BCUT2D eigenvalue weighted by molar-refractivity contribution is -0.159. The van der Waals surface area contributed by atoms with Gasteiger partial charge in [-0.25, -0.2) is 4.79 Å². The van der Waals surface area contributed by atoms with Crippen molar-refractivity contribution in [2.24, 2.45) is 47.3 Å². The highest BCUT2D eigenvalue weighted by atomic mass is 16.5. The number of carbonyl (C=O) groups excluding carboxylic acids is 6. The Morgan fingerprint density at radius 1 is 0.732 bits per heavy atom. The van der Waals surface area contributed by atoms with Crippen molar-refractivity contribution in [1.82, 2.24) is 9.80 Å². The lowest BCUT2D eigenvalue weighted by atomic mass is 9.81. The highest BCUT2D eigenvalue weighted by Gasteiger charge is 2.63. The minimum Gasteiger partial charge on any atom is -0.456 e. The number of amides is 4. The first-order valence-electron chi connectivity index (χ1n) is 15.3. The van der Waals surface area contributed by atoms with Gasteiger partial charge in [-0.2, -0.15) is 0 Å². The van der Waals surface area contributed by atoms with Crippen LogP contribution >= 0.6 is 0 Å². The molecule has 0 unspecified atom stereocenters. The van der Waals surface area contributed by atoms with Crippen molar-refractivity contribution in [3.63, 3.8) is 0 Å². The van der Waals surface area contributed by atoms with Crippen LogP contribution in [0.25, 0.3) is 0 Å². The predicted molar refractivity (Wildman–Crippen MR) is 144 cm³/mol. The van der Waals surface area contributed by atoms with Crippen molar-refractivity contribution in [2.45, 2.75) is 63.8 Å². The van der Waals surface area contributed by atoms with Crippen LogP contribution in [0.5, 0.6) is 0 Å². The maximum atomic E-state index is 13.5. The molecule has 7 rings (SSSR count). The van der Waals surface area contributed by atoms with Crippen molar-refractivity contribution in [3.8, 4) is 0 Å². The molecular formula is C32H36N2O7. The van der Waals surface area contributed by atoms with Crippen LogP contribution in [0.4, 0.5) is 0 Å². The molecule has 9 atom stereocenters. The smallest absolute Gasteiger partial charge is 0.329 e. The molecule has 4 bridgehead atoms. The lowest BCUT2D eigenvalue weighted by Crippen LogP contribution is -2.47. The minimum atomic E-state index is -1.12. The Morgan fingerprint density at radius 2 is 1.24 bits per heavy atom. The van der Waals surface area contributed by atoms with Crippen molar-refractivity contribution in [1.29, 1.82) is 0 Å². The molecule has 4 amide bonds. The largest absolute Gasteiger partial charge is 0.456 e. The Balaban J connectivity index is 1.02. The third kappa shape index (κ3) is 4.17. The summed E-state index contributed by atoms with van der Waals surface area (Å²) in [4.78, 5) is 81.7. The summed E-state index contributed by atoms with van der Waals surface area (Å²) in [5.41, 5.74) is 0.412. The Bertz CT molecular complexity index is 1250. The van der Waals surface area contributed by atoms with E-state index in [1.54, 1.807) is 30.3 Å². The summed E-state index contributed by atoms with van der Waals surface area (Å²) in [6.45, 7) is -0.203. The maximum Gasteiger partial charge on any atom is 0.329 e. The number of fused-ring (bicyclic) bond motifs is 10. The average Bonchev–Trinajstić information content (AvgIpc) is 3.83. The number of Topliss-reactive ketones (excluding diaryl/α,β-unsaturated/α-hetero) is 1. The van der Waals surface area contributed by atoms with Crippen LogP contribution in [-0.2, 0) is 28.7 Å². The Morgan fingerprint density at radius 3 is 1.78 bits per heavy atom. The van der Waals surface area contributed by atoms with E-state index in [9.17, 15) is 28.8 Å². The normalized spacial score (nSPS) is 35.4. The number of hydrogen-bond donors (Lipinski definition) is 0. The third-order valence-corrected chi connectivity index (χ3v) is 11.1. The first-order chi connectivity index (χ1) is 19.8. The van der Waals surface area contributed by atoms with Crippen LogP contribution in [-0.4, -0.2) is 64.4 Å². The fraction of sp³-hybridized carbons (Fsp3) is 0.625. The van der Waals surface area contributed by atoms with E-state index < -0.39 is 18.6 Å². The summed E-state index contributed by atoms with van der Waals surface area (Å²) < 4.78 is 5.41. The number of nitrogens with zero attached hydrogens (tertiary/aromatic N) is 2. The molecule has 0 spiro atoms. The van der Waals surface area contributed by atoms with Crippen LogP contribution in [0.1, 0.15) is 68.1 Å². The van der Waals surface area contributed by atoms with E-state index in [1.807, 2.05) is 0 Å². The fourth-order valence-corrected chi connectivity index (χ4v) is 9.33. The molecule has 0 radical (unpaired) electrons. The van der Waals surface area contributed by atoms with Gasteiger partial charge in [0.1, 0.15) is 6.04 Å². The monoisotopic (exact) mass is 560 g/mol. The SMILES string of the molecule is O=C(COC(=O)[C@H](CCCCN1C(=O)[C@@H]2[C@@H]3CC[C@@H](C3)[C@@H]2C1=O)N1C(=O)[C@@H]2[C@@H]3CC[C@@H](C3)[C@@H]2C1=O)c1ccccc1. The van der Waals surface area contributed by atoms with E-state index in [0.29, 0.717) is 30.2 Å². The van der Waals surface area contributed by atoms with Gasteiger partial charge in [0.25, 0.3) is 0 Å². The summed E-state index contributed by atoms with van der Waals surface area (Å²) in [5.74, 6) is -1.87. The summed E-state index contributed by atoms with van der Waals surface area (Å²) in [6.07, 6.45) is 6.84. The molecule has 2 heterocycles. The summed E-state index contributed by atoms with van der Waals surface area (Å²) in [6, 6.07) is 7.38. The van der Waals surface area contributed by atoms with E-state index in [-0.39, 0.29) is 77.9 Å². The van der Waals surface area contributed by atoms with Gasteiger partial charge in [0.2, 0.25) is 23.6 Å². The van der Waals surface area contributed by atoms with E-state index in [2.05, 4.69) is 0 Å². The molecule has 2 saturated heterocycles. The lowest BCUT2D eigenvalue weighted by Gasteiger charge is -2.26. The zero-order chi connectivity index (χ0) is 28.4. The van der Waals surface area contributed by atoms with E-state index in [1.165, 1.54) is 4.90 Å². The standard InChI is InChI=1S/C32H36N2O7/c35-23(17-6-2-1-3-7-17)16-41-32(40)22(34-30(38)26-20-11-12-21(15-20)27(26)31(34)39)8-4-5-13-33-28(36)24-18-9-10-19(14-18)25(24)29(33)37/h1-3,6-7,18-22,24-27H,4-5,8-16H2/t18-,19+,20-,21+,22-,24-,25+,26-,27+/m0/s1. The second kappa shape index (κ2) is 10.2. The molecule has 41 heavy (non-hydrogen) atoms. The van der Waals surface area contributed by atoms with Crippen LogP contribution in [0, 0.1) is 47.3 Å². The Hall–Kier alpha value is -3.36. The van der Waals surface area contributed by atoms with Crippen LogP contribution in [0.3, 0.4) is 0 Å². The van der Waals surface area contributed by atoms with Gasteiger partial charge in [-0.05, 0) is 81.5 Å². The van der Waals surface area contributed by atoms with Gasteiger partial charge in [-0.3, -0.25) is 33.8 Å². The molecule has 4 saturated carbocycles. The number of benzene rings is 1. The van der Waals surface area contributed by atoms with Crippen molar-refractivity contribution in [2.75, 3.05) is 13.2 Å². The number of hydrogen-bond acceptors (Lipinski definition) is 7. The van der Waals surface area contributed by atoms with E-state index in [0.717, 1.165) is 43.4 Å². The molecular weight excluding hydrogens is 524 g/mol. The summed E-state index contributed by atoms with van der Waals surface area (Å²) in [7, 11) is 0. The van der Waals surface area contributed by atoms with Gasteiger partial charge in [-0.15, -0.1) is 0 Å². The molecule has 9 heteroatoms. The molecule has 6 aliphatic rings. The number of rotatable bonds is 10. The highest BCUT2D eigenvalue weighted by Crippen LogP contribution is 2.57. The minimum absolute atomic E-state index is 0.0595. The zero-order valence-corrected chi connectivity index (χ0v) is 23.1. The van der Waals surface area contributed by atoms with Gasteiger partial charge < -0.3 is 4.74 Å². The summed E-state index contributed by atoms with van der Waals surface area (Å²) >= 11 is 0. The van der Waals surface area contributed by atoms with Crippen molar-refractivity contribution >= 4 is 35.4 Å². The Labute approximate surface area is 238 Å². The Kier molecular flexibility index (Phi) is 6.58. The first-order valence-corrected chi connectivity index (χ1v) is 15.3. The predicted octanol–water partition coefficient (Wildman–Crippen LogP) is 3.01. The highest BCUT2D eigenvalue weighted by molar-refractivity contribution is 6.09. The van der Waals surface area contributed by atoms with Crippen LogP contribution in [0.2, 0.25) is 0 Å². The molecule has 6 fully saturated rings. The van der Waals surface area contributed by atoms with Crippen molar-refractivity contribution in [3.05, 3.63) is 35.9 Å². The number of imide groups is 2. The second-order valence-electron chi connectivity index (χ2n) is 13.1. The number of esters is 1. The molecule has 4 aliphatic carbocycles. The molecule has 1 aromatic rings. The molecule has 0 N–H and O–H groups in total. The van der Waals surface area contributed by atoms with E-state index >= 15 is 0 Å². The topological polar surface area (TPSA) is 118 Å². The zero-order valence-electron chi connectivity index (χ0n) is 23.1. The second-order valence-corrected chi connectivity index (χ2v) is 13.1. The number of ketones is 1. The van der Waals surface area contributed by atoms with Crippen molar-refractivity contribution < 1.29 is 33.5 Å². The maximum absolute atomic E-state index is 13.5.